The highest BCUT2D eigenvalue weighted by Gasteiger charge is 2.28. The molecule has 2 aliphatic rings. The van der Waals surface area contributed by atoms with E-state index in [2.05, 4.69) is 27.0 Å². The van der Waals surface area contributed by atoms with Crippen molar-refractivity contribution in [1.29, 1.82) is 0 Å². The number of likely N-dealkylation sites (N-methyl/N-ethyl adjacent to an activating group) is 1. The maximum Gasteiger partial charge on any atom is 0.242 e. The summed E-state index contributed by atoms with van der Waals surface area (Å²) in [6.45, 7) is 16.8. The molecule has 0 aromatic carbocycles. The van der Waals surface area contributed by atoms with Gasteiger partial charge in [-0.2, -0.15) is 5.10 Å². The number of aromatic nitrogens is 3. The third kappa shape index (κ3) is 5.79. The molecule has 0 unspecified atom stereocenters. The number of carbonyl (C=O) groups is 1. The Morgan fingerprint density at radius 1 is 1.03 bits per heavy atom. The molecular weight excluding hydrogens is 376 g/mol. The van der Waals surface area contributed by atoms with Gasteiger partial charge in [-0.3, -0.25) is 9.69 Å². The molecule has 7 nitrogen and oxygen atoms in total. The normalized spacial score (nSPS) is 18.4. The number of hydrogen-bond acceptors (Lipinski definition) is 5. The molecule has 2 aromatic heterocycles. The van der Waals surface area contributed by atoms with Crippen molar-refractivity contribution in [2.75, 3.05) is 46.3 Å². The molecule has 4 heterocycles. The SMILES string of the molecule is CC.CC.Cc1cn(CC(=O)N2CCC(N3CCN(C)CC3)CC2)c2ccnnc12. The smallest absolute Gasteiger partial charge is 0.242 e. The number of carbonyl (C=O) groups excluding carboxylic acids is 1. The van der Waals surface area contributed by atoms with E-state index in [4.69, 9.17) is 0 Å². The number of hydrogen-bond donors (Lipinski definition) is 0. The van der Waals surface area contributed by atoms with Gasteiger partial charge in [0.2, 0.25) is 5.91 Å². The van der Waals surface area contributed by atoms with Crippen LogP contribution in [0.5, 0.6) is 0 Å². The molecule has 0 saturated carbocycles. The summed E-state index contributed by atoms with van der Waals surface area (Å²) in [6.07, 6.45) is 5.87. The van der Waals surface area contributed by atoms with Crippen LogP contribution in [0.25, 0.3) is 11.0 Å². The van der Waals surface area contributed by atoms with E-state index in [1.54, 1.807) is 6.20 Å². The summed E-state index contributed by atoms with van der Waals surface area (Å²) in [6, 6.07) is 2.57. The van der Waals surface area contributed by atoms with Gasteiger partial charge >= 0.3 is 0 Å². The molecule has 2 aromatic rings. The van der Waals surface area contributed by atoms with Gasteiger partial charge in [-0.05, 0) is 38.4 Å². The van der Waals surface area contributed by atoms with E-state index < -0.39 is 0 Å². The highest BCUT2D eigenvalue weighted by Crippen LogP contribution is 2.20. The van der Waals surface area contributed by atoms with Gasteiger partial charge in [-0.25, -0.2) is 0 Å². The van der Waals surface area contributed by atoms with Crippen LogP contribution < -0.4 is 0 Å². The first-order valence-corrected chi connectivity index (χ1v) is 11.6. The molecule has 2 saturated heterocycles. The standard InChI is InChI=1S/C19H28N6O.2C2H6/c1-15-13-25(17-3-6-20-21-19(15)17)14-18(26)24-7-4-16(5-8-24)23-11-9-22(2)10-12-23;2*1-2/h3,6,13,16H,4-5,7-12,14H2,1-2H3;2*1-2H3. The number of nitrogens with zero attached hydrogens (tertiary/aromatic N) is 6. The van der Waals surface area contributed by atoms with Crippen molar-refractivity contribution in [2.45, 2.75) is 60.0 Å². The zero-order valence-corrected chi connectivity index (χ0v) is 19.8. The number of amides is 1. The van der Waals surface area contributed by atoms with E-state index in [9.17, 15) is 4.79 Å². The summed E-state index contributed by atoms with van der Waals surface area (Å²) >= 11 is 0. The summed E-state index contributed by atoms with van der Waals surface area (Å²) in [5.74, 6) is 0.204. The van der Waals surface area contributed by atoms with Crippen molar-refractivity contribution in [1.82, 2.24) is 29.5 Å². The van der Waals surface area contributed by atoms with Gasteiger partial charge in [0.05, 0.1) is 11.7 Å². The average molecular weight is 417 g/mol. The fraction of sp³-hybridized carbons (Fsp3) is 0.696. The maximum absolute atomic E-state index is 12.8. The summed E-state index contributed by atoms with van der Waals surface area (Å²) in [4.78, 5) is 19.8. The van der Waals surface area contributed by atoms with Gasteiger partial charge in [0, 0.05) is 51.5 Å². The van der Waals surface area contributed by atoms with Gasteiger partial charge in [0.15, 0.2) is 0 Å². The minimum absolute atomic E-state index is 0.204. The highest BCUT2D eigenvalue weighted by atomic mass is 16.2. The fourth-order valence-electron chi connectivity index (χ4n) is 4.25. The third-order valence-corrected chi connectivity index (χ3v) is 5.91. The number of aryl methyl sites for hydroxylation is 1. The molecule has 1 amide bonds. The molecule has 4 rings (SSSR count). The van der Waals surface area contributed by atoms with Crippen molar-refractivity contribution < 1.29 is 4.79 Å². The first-order valence-electron chi connectivity index (χ1n) is 11.6. The van der Waals surface area contributed by atoms with Crippen LogP contribution in [0.15, 0.2) is 18.5 Å². The lowest BCUT2D eigenvalue weighted by Crippen LogP contribution is -2.53. The minimum Gasteiger partial charge on any atom is -0.341 e. The van der Waals surface area contributed by atoms with E-state index in [0.717, 1.165) is 68.7 Å². The van der Waals surface area contributed by atoms with Crippen LogP contribution in [0.2, 0.25) is 0 Å². The lowest BCUT2D eigenvalue weighted by atomic mass is 10.0. The van der Waals surface area contributed by atoms with Crippen LogP contribution in [0.4, 0.5) is 0 Å². The largest absolute Gasteiger partial charge is 0.341 e. The lowest BCUT2D eigenvalue weighted by molar-refractivity contribution is -0.133. The van der Waals surface area contributed by atoms with Gasteiger partial charge in [-0.15, -0.1) is 5.10 Å². The molecular formula is C23H40N6O. The molecule has 0 spiro atoms. The first kappa shape index (κ1) is 24.3. The van der Waals surface area contributed by atoms with Crippen LogP contribution >= 0.6 is 0 Å². The highest BCUT2D eigenvalue weighted by molar-refractivity contribution is 5.82. The molecule has 0 atom stereocenters. The number of piperazine rings is 1. The van der Waals surface area contributed by atoms with Crippen LogP contribution in [-0.4, -0.2) is 87.7 Å². The molecule has 2 fully saturated rings. The second-order valence-corrected chi connectivity index (χ2v) is 7.66. The van der Waals surface area contributed by atoms with Crippen molar-refractivity contribution >= 4 is 16.9 Å². The number of likely N-dealkylation sites (tertiary alicyclic amines) is 1. The Morgan fingerprint density at radius 3 is 2.30 bits per heavy atom. The molecule has 30 heavy (non-hydrogen) atoms. The molecule has 168 valence electrons. The van der Waals surface area contributed by atoms with Crippen LogP contribution in [0.1, 0.15) is 46.1 Å². The van der Waals surface area contributed by atoms with E-state index in [1.165, 1.54) is 0 Å². The lowest BCUT2D eigenvalue weighted by Gasteiger charge is -2.42. The summed E-state index contributed by atoms with van der Waals surface area (Å²) in [5, 5.41) is 8.13. The Hall–Kier alpha value is -1.99. The molecule has 7 heteroatoms. The number of rotatable bonds is 3. The quantitative estimate of drug-likeness (QED) is 0.770. The Kier molecular flexibility index (Phi) is 9.72. The van der Waals surface area contributed by atoms with E-state index in [1.807, 2.05) is 56.3 Å². The van der Waals surface area contributed by atoms with Crippen molar-refractivity contribution in [3.05, 3.63) is 24.0 Å². The number of piperidine rings is 1. The second-order valence-electron chi connectivity index (χ2n) is 7.66. The van der Waals surface area contributed by atoms with Gasteiger partial charge in [-0.1, -0.05) is 27.7 Å². The predicted octanol–water partition coefficient (Wildman–Crippen LogP) is 3.03. The van der Waals surface area contributed by atoms with Crippen molar-refractivity contribution in [2.24, 2.45) is 0 Å². The molecule has 2 aliphatic heterocycles. The van der Waals surface area contributed by atoms with Gasteiger partial charge in [0.25, 0.3) is 0 Å². The Balaban J connectivity index is 0.000000757. The van der Waals surface area contributed by atoms with E-state index in [0.29, 0.717) is 12.6 Å². The maximum atomic E-state index is 12.8. The second kappa shape index (κ2) is 12.0. The van der Waals surface area contributed by atoms with Gasteiger partial charge in [0.1, 0.15) is 12.1 Å². The summed E-state index contributed by atoms with van der Waals surface area (Å²) < 4.78 is 2.01. The predicted molar refractivity (Wildman–Crippen MR) is 124 cm³/mol. The topological polar surface area (TPSA) is 57.5 Å². The summed E-state index contributed by atoms with van der Waals surface area (Å²) in [5.41, 5.74) is 2.93. The minimum atomic E-state index is 0.204. The number of fused-ring (bicyclic) bond motifs is 1. The van der Waals surface area contributed by atoms with Crippen LogP contribution in [0.3, 0.4) is 0 Å². The first-order chi connectivity index (χ1) is 14.6. The molecule has 0 N–H and O–H groups in total. The monoisotopic (exact) mass is 416 g/mol. The molecule has 0 aliphatic carbocycles. The average Bonchev–Trinajstić information content (AvgIpc) is 3.12. The fourth-order valence-corrected chi connectivity index (χ4v) is 4.25. The van der Waals surface area contributed by atoms with Crippen LogP contribution in [-0.2, 0) is 11.3 Å². The van der Waals surface area contributed by atoms with Gasteiger partial charge < -0.3 is 14.4 Å². The molecule has 0 radical (unpaired) electrons. The van der Waals surface area contributed by atoms with E-state index in [-0.39, 0.29) is 5.91 Å². The third-order valence-electron chi connectivity index (χ3n) is 5.91. The zero-order valence-electron chi connectivity index (χ0n) is 19.8. The zero-order chi connectivity index (χ0) is 22.1. The molecule has 0 bridgehead atoms. The van der Waals surface area contributed by atoms with E-state index >= 15 is 0 Å². The van der Waals surface area contributed by atoms with Crippen LogP contribution in [0, 0.1) is 6.92 Å². The Labute approximate surface area is 182 Å². The van der Waals surface area contributed by atoms with Crippen molar-refractivity contribution in [3.8, 4) is 0 Å². The van der Waals surface area contributed by atoms with Crippen molar-refractivity contribution in [3.63, 3.8) is 0 Å². The Morgan fingerprint density at radius 2 is 1.67 bits per heavy atom. The Bertz CT molecular complexity index is 773. The summed E-state index contributed by atoms with van der Waals surface area (Å²) in [7, 11) is 2.19.